The smallest absolute Gasteiger partial charge is 0.329 e. The van der Waals surface area contributed by atoms with E-state index in [1.807, 2.05) is 36.6 Å². The molecule has 2 aromatic rings. The largest absolute Gasteiger partial charge is 0.486 e. The van der Waals surface area contributed by atoms with Crippen molar-refractivity contribution in [1.29, 1.82) is 0 Å². The molecule has 0 saturated heterocycles. The molecule has 1 aromatic carbocycles. The maximum absolute atomic E-state index is 12.8. The number of carbonyl (C=O) groups is 2. The number of aliphatic carboxylic acids is 1. The van der Waals surface area contributed by atoms with Crippen LogP contribution in [0.5, 0.6) is 11.5 Å². The first-order valence-corrected chi connectivity index (χ1v) is 9.06. The minimum Gasteiger partial charge on any atom is -0.486 e. The van der Waals surface area contributed by atoms with Crippen molar-refractivity contribution in [2.24, 2.45) is 0 Å². The summed E-state index contributed by atoms with van der Waals surface area (Å²) in [6.45, 7) is 4.80. The molecule has 1 fully saturated rings. The number of ether oxygens (including phenoxy) is 2. The Morgan fingerprint density at radius 1 is 1.11 bits per heavy atom. The summed E-state index contributed by atoms with van der Waals surface area (Å²) in [7, 11) is 0. The van der Waals surface area contributed by atoms with Gasteiger partial charge in [0.25, 0.3) is 5.91 Å². The summed E-state index contributed by atoms with van der Waals surface area (Å²) in [6, 6.07) is 7.45. The lowest BCUT2D eigenvalue weighted by molar-refractivity contribution is -0.148. The Balaban J connectivity index is 1.66. The number of carboxylic acids is 1. The average Bonchev–Trinajstić information content (AvgIpc) is 2.91. The van der Waals surface area contributed by atoms with E-state index >= 15 is 0 Å². The number of nitrogens with one attached hydrogen (secondary N) is 1. The zero-order valence-corrected chi connectivity index (χ0v) is 15.4. The van der Waals surface area contributed by atoms with Crippen molar-refractivity contribution in [3.63, 3.8) is 0 Å². The summed E-state index contributed by atoms with van der Waals surface area (Å²) in [5, 5.41) is 12.2. The molecule has 0 bridgehead atoms. The van der Waals surface area contributed by atoms with E-state index in [0.29, 0.717) is 43.1 Å². The van der Waals surface area contributed by atoms with Gasteiger partial charge in [0.2, 0.25) is 0 Å². The molecule has 1 amide bonds. The topological polar surface area (TPSA) is 89.8 Å². The fourth-order valence-electron chi connectivity index (χ4n) is 3.77. The van der Waals surface area contributed by atoms with E-state index in [4.69, 9.17) is 9.47 Å². The number of hydrogen-bond donors (Lipinski definition) is 2. The Hall–Kier alpha value is -2.96. The summed E-state index contributed by atoms with van der Waals surface area (Å²) in [4.78, 5) is 24.3. The van der Waals surface area contributed by atoms with Gasteiger partial charge in [0.15, 0.2) is 11.5 Å². The molecule has 27 heavy (non-hydrogen) atoms. The number of hydrogen-bond acceptors (Lipinski definition) is 4. The van der Waals surface area contributed by atoms with Crippen molar-refractivity contribution in [2.45, 2.75) is 38.6 Å². The van der Waals surface area contributed by atoms with E-state index < -0.39 is 11.5 Å². The highest BCUT2D eigenvalue weighted by molar-refractivity contribution is 5.99. The van der Waals surface area contributed by atoms with Gasteiger partial charge in [-0.05, 0) is 51.3 Å². The maximum atomic E-state index is 12.8. The second-order valence-corrected chi connectivity index (χ2v) is 7.14. The standard InChI is InChI=1S/C20H22N2O5/c1-12-10-15(18(23)21-20(19(24)25)6-3-7-20)13(2)22(12)14-4-5-16-17(11-14)27-9-8-26-16/h4-5,10-11H,3,6-9H2,1-2H3,(H,21,23)(H,24,25). The number of aryl methyl sites for hydroxylation is 1. The summed E-state index contributed by atoms with van der Waals surface area (Å²) in [5.41, 5.74) is 1.85. The Morgan fingerprint density at radius 3 is 2.44 bits per heavy atom. The fraction of sp³-hybridized carbons (Fsp3) is 0.400. The molecule has 7 heteroatoms. The third kappa shape index (κ3) is 2.83. The first-order chi connectivity index (χ1) is 12.9. The molecule has 0 radical (unpaired) electrons. The maximum Gasteiger partial charge on any atom is 0.329 e. The minimum absolute atomic E-state index is 0.353. The molecule has 0 atom stereocenters. The Labute approximate surface area is 156 Å². The number of benzene rings is 1. The number of nitrogens with zero attached hydrogens (tertiary/aromatic N) is 1. The van der Waals surface area contributed by atoms with Gasteiger partial charge in [0.05, 0.1) is 5.56 Å². The van der Waals surface area contributed by atoms with E-state index in [9.17, 15) is 14.7 Å². The van der Waals surface area contributed by atoms with Crippen molar-refractivity contribution in [2.75, 3.05) is 13.2 Å². The zero-order chi connectivity index (χ0) is 19.2. The Bertz CT molecular complexity index is 927. The molecular formula is C20H22N2O5. The monoisotopic (exact) mass is 370 g/mol. The van der Waals surface area contributed by atoms with Crippen LogP contribution in [0.2, 0.25) is 0 Å². The highest BCUT2D eigenvalue weighted by atomic mass is 16.6. The lowest BCUT2D eigenvalue weighted by Crippen LogP contribution is -2.59. The van der Waals surface area contributed by atoms with Crippen LogP contribution in [0.4, 0.5) is 0 Å². The SMILES string of the molecule is Cc1cc(C(=O)NC2(C(=O)O)CCC2)c(C)n1-c1ccc2c(c1)OCCO2. The number of carboxylic acid groups (broad SMARTS) is 1. The van der Waals surface area contributed by atoms with Crippen LogP contribution in [-0.4, -0.2) is 40.3 Å². The van der Waals surface area contributed by atoms with Crippen molar-refractivity contribution >= 4 is 11.9 Å². The van der Waals surface area contributed by atoms with E-state index in [2.05, 4.69) is 5.32 Å². The molecular weight excluding hydrogens is 348 g/mol. The van der Waals surface area contributed by atoms with Crippen molar-refractivity contribution in [3.05, 3.63) is 41.2 Å². The van der Waals surface area contributed by atoms with Gasteiger partial charge >= 0.3 is 5.97 Å². The Morgan fingerprint density at radius 2 is 1.81 bits per heavy atom. The third-order valence-electron chi connectivity index (χ3n) is 5.43. The number of rotatable bonds is 4. The van der Waals surface area contributed by atoms with E-state index in [0.717, 1.165) is 23.5 Å². The number of amides is 1. The van der Waals surface area contributed by atoms with E-state index in [1.54, 1.807) is 6.07 Å². The zero-order valence-electron chi connectivity index (χ0n) is 15.4. The van der Waals surface area contributed by atoms with Crippen molar-refractivity contribution in [1.82, 2.24) is 9.88 Å². The van der Waals surface area contributed by atoms with Crippen molar-refractivity contribution in [3.8, 4) is 17.2 Å². The van der Waals surface area contributed by atoms with Crippen LogP contribution in [0.1, 0.15) is 41.0 Å². The van der Waals surface area contributed by atoms with Gasteiger partial charge in [-0.25, -0.2) is 4.79 Å². The lowest BCUT2D eigenvalue weighted by atomic mass is 9.76. The van der Waals surface area contributed by atoms with Crippen LogP contribution in [0.3, 0.4) is 0 Å². The minimum atomic E-state index is -1.13. The lowest BCUT2D eigenvalue weighted by Gasteiger charge is -2.38. The van der Waals surface area contributed by atoms with Gasteiger partial charge in [0.1, 0.15) is 18.8 Å². The molecule has 0 spiro atoms. The third-order valence-corrected chi connectivity index (χ3v) is 5.43. The molecule has 142 valence electrons. The summed E-state index contributed by atoms with van der Waals surface area (Å²) < 4.78 is 13.2. The molecule has 2 heterocycles. The van der Waals surface area contributed by atoms with Gasteiger partial charge < -0.3 is 24.5 Å². The number of carbonyl (C=O) groups excluding carboxylic acids is 1. The second-order valence-electron chi connectivity index (χ2n) is 7.14. The molecule has 2 N–H and O–H groups in total. The van der Waals surface area contributed by atoms with Crippen LogP contribution in [0.15, 0.2) is 24.3 Å². The van der Waals surface area contributed by atoms with Gasteiger partial charge in [-0.1, -0.05) is 0 Å². The summed E-state index contributed by atoms with van der Waals surface area (Å²) >= 11 is 0. The predicted octanol–water partition coefficient (Wildman–Crippen LogP) is 2.60. The second kappa shape index (κ2) is 6.33. The highest BCUT2D eigenvalue weighted by Gasteiger charge is 2.46. The van der Waals surface area contributed by atoms with Crippen LogP contribution >= 0.6 is 0 Å². The molecule has 4 rings (SSSR count). The molecule has 7 nitrogen and oxygen atoms in total. The van der Waals surface area contributed by atoms with Crippen LogP contribution in [0.25, 0.3) is 5.69 Å². The number of aromatic nitrogens is 1. The van der Waals surface area contributed by atoms with Crippen LogP contribution in [0, 0.1) is 13.8 Å². The molecule has 0 unspecified atom stereocenters. The first kappa shape index (κ1) is 17.5. The summed E-state index contributed by atoms with van der Waals surface area (Å²) in [5.74, 6) is 0.0621. The number of fused-ring (bicyclic) bond motifs is 1. The molecule has 1 saturated carbocycles. The summed E-state index contributed by atoms with van der Waals surface area (Å²) in [6.07, 6.45) is 1.74. The van der Waals surface area contributed by atoms with Crippen LogP contribution in [-0.2, 0) is 4.79 Å². The molecule has 1 aliphatic carbocycles. The molecule has 1 aromatic heterocycles. The normalized spacial score (nSPS) is 17.1. The van der Waals surface area contributed by atoms with Gasteiger partial charge in [-0.15, -0.1) is 0 Å². The molecule has 1 aliphatic heterocycles. The van der Waals surface area contributed by atoms with E-state index in [-0.39, 0.29) is 5.91 Å². The van der Waals surface area contributed by atoms with E-state index in [1.165, 1.54) is 0 Å². The van der Waals surface area contributed by atoms with Gasteiger partial charge in [-0.3, -0.25) is 4.79 Å². The van der Waals surface area contributed by atoms with Crippen molar-refractivity contribution < 1.29 is 24.2 Å². The van der Waals surface area contributed by atoms with Gasteiger partial charge in [-0.2, -0.15) is 0 Å². The average molecular weight is 370 g/mol. The molecule has 2 aliphatic rings. The first-order valence-electron chi connectivity index (χ1n) is 9.06. The fourth-order valence-corrected chi connectivity index (χ4v) is 3.77. The quantitative estimate of drug-likeness (QED) is 0.863. The Kier molecular flexibility index (Phi) is 4.09. The predicted molar refractivity (Wildman–Crippen MR) is 97.9 cm³/mol. The highest BCUT2D eigenvalue weighted by Crippen LogP contribution is 2.35. The van der Waals surface area contributed by atoms with Crippen LogP contribution < -0.4 is 14.8 Å². The van der Waals surface area contributed by atoms with Gasteiger partial charge in [0, 0.05) is 23.1 Å².